The van der Waals surface area contributed by atoms with E-state index in [0.29, 0.717) is 12.5 Å². The van der Waals surface area contributed by atoms with Crippen LogP contribution in [-0.4, -0.2) is 20.1 Å². The van der Waals surface area contributed by atoms with Gasteiger partial charge in [-0.1, -0.05) is 0 Å². The molecule has 1 aromatic rings. The fraction of sp³-hybridized carbons (Fsp3) is 0.500. The summed E-state index contributed by atoms with van der Waals surface area (Å²) in [5, 5.41) is 3.14. The predicted molar refractivity (Wildman–Crippen MR) is 57.7 cm³/mol. The predicted octanol–water partition coefficient (Wildman–Crippen LogP) is 1.77. The summed E-state index contributed by atoms with van der Waals surface area (Å²) in [6.07, 6.45) is 0. The molecule has 0 aromatic carbocycles. The van der Waals surface area contributed by atoms with Crippen LogP contribution < -0.4 is 11.1 Å². The lowest BCUT2D eigenvalue weighted by molar-refractivity contribution is 0.646. The summed E-state index contributed by atoms with van der Waals surface area (Å²) >= 11 is 5.20. The van der Waals surface area contributed by atoms with Crippen LogP contribution in [-0.2, 0) is 0 Å². The third kappa shape index (κ3) is 2.55. The minimum Gasteiger partial charge on any atom is -0.330 e. The quantitative estimate of drug-likeness (QED) is 0.853. The summed E-state index contributed by atoms with van der Waals surface area (Å²) in [5.41, 5.74) is 5.65. The third-order valence-electron chi connectivity index (χ3n) is 1.73. The highest BCUT2D eigenvalue weighted by molar-refractivity contribution is 9.11. The van der Waals surface area contributed by atoms with E-state index in [1.54, 1.807) is 11.3 Å². The van der Waals surface area contributed by atoms with Gasteiger partial charge in [-0.2, -0.15) is 0 Å². The molecule has 68 valence electrons. The summed E-state index contributed by atoms with van der Waals surface area (Å²) in [6.45, 7) is 1.65. The average molecular weight is 249 g/mol. The largest absolute Gasteiger partial charge is 0.330 e. The number of likely N-dealkylation sites (N-methyl/N-ethyl adjacent to an activating group) is 1. The molecule has 0 aliphatic heterocycles. The molecular weight excluding hydrogens is 236 g/mol. The number of thiophene rings is 1. The first-order valence-electron chi connectivity index (χ1n) is 3.87. The Morgan fingerprint density at radius 2 is 2.42 bits per heavy atom. The molecule has 1 atom stereocenters. The maximum Gasteiger partial charge on any atom is 0.0701 e. The van der Waals surface area contributed by atoms with Crippen LogP contribution in [0, 0.1) is 0 Å². The highest BCUT2D eigenvalue weighted by Crippen LogP contribution is 2.27. The summed E-state index contributed by atoms with van der Waals surface area (Å²) in [4.78, 5) is 1.35. The van der Waals surface area contributed by atoms with E-state index < -0.39 is 0 Å². The number of nitrogens with one attached hydrogen (secondary N) is 1. The van der Waals surface area contributed by atoms with E-state index in [2.05, 4.69) is 33.4 Å². The first kappa shape index (κ1) is 10.2. The van der Waals surface area contributed by atoms with Crippen LogP contribution in [0.4, 0.5) is 0 Å². The molecule has 0 bridgehead atoms. The molecule has 0 saturated carbocycles. The van der Waals surface area contributed by atoms with Gasteiger partial charge in [0.2, 0.25) is 0 Å². The molecule has 4 heteroatoms. The lowest BCUT2D eigenvalue weighted by Crippen LogP contribution is -2.23. The van der Waals surface area contributed by atoms with Crippen LogP contribution in [0.25, 0.3) is 0 Å². The van der Waals surface area contributed by atoms with Crippen molar-refractivity contribution in [2.45, 2.75) is 5.92 Å². The molecule has 0 radical (unpaired) electrons. The molecule has 0 saturated heterocycles. The van der Waals surface area contributed by atoms with Crippen molar-refractivity contribution in [1.82, 2.24) is 5.32 Å². The van der Waals surface area contributed by atoms with Gasteiger partial charge in [0.1, 0.15) is 0 Å². The average Bonchev–Trinajstić information content (AvgIpc) is 2.47. The molecule has 12 heavy (non-hydrogen) atoms. The van der Waals surface area contributed by atoms with Gasteiger partial charge in [0, 0.05) is 23.9 Å². The molecule has 3 N–H and O–H groups in total. The fourth-order valence-corrected chi connectivity index (χ4v) is 2.63. The van der Waals surface area contributed by atoms with Gasteiger partial charge in [0.15, 0.2) is 0 Å². The summed E-state index contributed by atoms with van der Waals surface area (Å²) < 4.78 is 1.17. The van der Waals surface area contributed by atoms with Crippen LogP contribution in [0.3, 0.4) is 0 Å². The number of hydrogen-bond donors (Lipinski definition) is 2. The van der Waals surface area contributed by atoms with Gasteiger partial charge in [-0.05, 0) is 35.1 Å². The summed E-state index contributed by atoms with van der Waals surface area (Å²) in [7, 11) is 1.95. The van der Waals surface area contributed by atoms with Gasteiger partial charge in [0.25, 0.3) is 0 Å². The highest BCUT2D eigenvalue weighted by Gasteiger charge is 2.10. The van der Waals surface area contributed by atoms with E-state index in [1.807, 2.05) is 7.05 Å². The Labute approximate surface area is 85.3 Å². The molecule has 0 spiro atoms. The van der Waals surface area contributed by atoms with E-state index in [-0.39, 0.29) is 0 Å². The van der Waals surface area contributed by atoms with Crippen molar-refractivity contribution < 1.29 is 0 Å². The van der Waals surface area contributed by atoms with Crippen molar-refractivity contribution in [3.63, 3.8) is 0 Å². The molecule has 2 nitrogen and oxygen atoms in total. The second-order valence-electron chi connectivity index (χ2n) is 2.63. The zero-order valence-corrected chi connectivity index (χ0v) is 9.41. The Morgan fingerprint density at radius 3 is 2.83 bits per heavy atom. The molecule has 1 heterocycles. The second kappa shape index (κ2) is 4.97. The smallest absolute Gasteiger partial charge is 0.0701 e. The zero-order valence-electron chi connectivity index (χ0n) is 7.01. The first-order valence-corrected chi connectivity index (χ1v) is 5.48. The molecule has 0 amide bonds. The highest BCUT2D eigenvalue weighted by atomic mass is 79.9. The Kier molecular flexibility index (Phi) is 4.21. The molecular formula is C8H13BrN2S. The summed E-state index contributed by atoms with van der Waals surface area (Å²) in [5.74, 6) is 0.450. The Hall–Kier alpha value is 0.1000. The maximum absolute atomic E-state index is 5.65. The topological polar surface area (TPSA) is 38.0 Å². The molecule has 1 aromatic heterocycles. The monoisotopic (exact) mass is 248 g/mol. The van der Waals surface area contributed by atoms with E-state index in [0.717, 1.165) is 6.54 Å². The molecule has 1 rings (SSSR count). The van der Waals surface area contributed by atoms with Crippen LogP contribution in [0.15, 0.2) is 15.9 Å². The number of halogens is 1. The van der Waals surface area contributed by atoms with E-state index in [4.69, 9.17) is 5.73 Å². The number of nitrogens with two attached hydrogens (primary N) is 1. The minimum absolute atomic E-state index is 0.450. The van der Waals surface area contributed by atoms with Gasteiger partial charge in [-0.15, -0.1) is 11.3 Å². The summed E-state index contributed by atoms with van der Waals surface area (Å²) in [6, 6.07) is 4.20. The van der Waals surface area contributed by atoms with Crippen LogP contribution in [0.2, 0.25) is 0 Å². The third-order valence-corrected chi connectivity index (χ3v) is 3.52. The van der Waals surface area contributed by atoms with Gasteiger partial charge in [-0.25, -0.2) is 0 Å². The van der Waals surface area contributed by atoms with Crippen LogP contribution in [0.5, 0.6) is 0 Å². The fourth-order valence-electron chi connectivity index (χ4n) is 1.09. The molecule has 0 aliphatic carbocycles. The van der Waals surface area contributed by atoms with Crippen LogP contribution in [0.1, 0.15) is 10.8 Å². The van der Waals surface area contributed by atoms with Crippen molar-refractivity contribution in [2.75, 3.05) is 20.1 Å². The van der Waals surface area contributed by atoms with Crippen LogP contribution >= 0.6 is 27.3 Å². The minimum atomic E-state index is 0.450. The van der Waals surface area contributed by atoms with Gasteiger partial charge in [-0.3, -0.25) is 0 Å². The molecule has 1 unspecified atom stereocenters. The van der Waals surface area contributed by atoms with E-state index in [1.165, 1.54) is 8.66 Å². The lowest BCUT2D eigenvalue weighted by atomic mass is 10.1. The van der Waals surface area contributed by atoms with E-state index >= 15 is 0 Å². The number of rotatable bonds is 4. The molecule has 0 fully saturated rings. The van der Waals surface area contributed by atoms with Gasteiger partial charge < -0.3 is 11.1 Å². The van der Waals surface area contributed by atoms with E-state index in [9.17, 15) is 0 Å². The van der Waals surface area contributed by atoms with Gasteiger partial charge >= 0.3 is 0 Å². The zero-order chi connectivity index (χ0) is 8.97. The number of hydrogen-bond acceptors (Lipinski definition) is 3. The Bertz CT molecular complexity index is 237. The van der Waals surface area contributed by atoms with Crippen molar-refractivity contribution in [2.24, 2.45) is 5.73 Å². The SMILES string of the molecule is CNCC(CN)c1ccc(Br)s1. The van der Waals surface area contributed by atoms with Crippen molar-refractivity contribution >= 4 is 27.3 Å². The lowest BCUT2D eigenvalue weighted by Gasteiger charge is -2.11. The second-order valence-corrected chi connectivity index (χ2v) is 5.13. The Morgan fingerprint density at radius 1 is 1.67 bits per heavy atom. The van der Waals surface area contributed by atoms with Gasteiger partial charge in [0.05, 0.1) is 3.79 Å². The van der Waals surface area contributed by atoms with Crippen molar-refractivity contribution in [3.05, 3.63) is 20.8 Å². The standard InChI is InChI=1S/C8H13BrN2S/c1-11-5-6(4-10)7-2-3-8(9)12-7/h2-3,6,11H,4-5,10H2,1H3. The van der Waals surface area contributed by atoms with Crippen molar-refractivity contribution in [3.8, 4) is 0 Å². The Balaban J connectivity index is 2.66. The first-order chi connectivity index (χ1) is 5.77. The van der Waals surface area contributed by atoms with Crippen molar-refractivity contribution in [1.29, 1.82) is 0 Å². The molecule has 0 aliphatic rings. The normalized spacial score (nSPS) is 13.2. The maximum atomic E-state index is 5.65.